The SMILES string of the molecule is O=C(C1CCCNC1)N1CCC(CF)CC1. The van der Waals surface area contributed by atoms with Gasteiger partial charge in [0.25, 0.3) is 0 Å². The Morgan fingerprint density at radius 3 is 2.62 bits per heavy atom. The zero-order chi connectivity index (χ0) is 11.4. The Balaban J connectivity index is 1.81. The lowest BCUT2D eigenvalue weighted by Crippen LogP contribution is -2.46. The fourth-order valence-corrected chi connectivity index (χ4v) is 2.63. The summed E-state index contributed by atoms with van der Waals surface area (Å²) in [6.45, 7) is 3.14. The molecule has 0 aromatic carbocycles. The van der Waals surface area contributed by atoms with Gasteiger partial charge in [-0.2, -0.15) is 0 Å². The largest absolute Gasteiger partial charge is 0.342 e. The summed E-state index contributed by atoms with van der Waals surface area (Å²) in [5, 5.41) is 3.27. The van der Waals surface area contributed by atoms with Crippen molar-refractivity contribution < 1.29 is 9.18 Å². The second-order valence-electron chi connectivity index (χ2n) is 4.97. The van der Waals surface area contributed by atoms with E-state index in [0.717, 1.165) is 51.9 Å². The third-order valence-corrected chi connectivity index (χ3v) is 3.79. The summed E-state index contributed by atoms with van der Waals surface area (Å²) >= 11 is 0. The van der Waals surface area contributed by atoms with E-state index in [-0.39, 0.29) is 24.4 Å². The van der Waals surface area contributed by atoms with Crippen LogP contribution in [0.2, 0.25) is 0 Å². The molecule has 0 saturated carbocycles. The number of likely N-dealkylation sites (tertiary alicyclic amines) is 1. The number of rotatable bonds is 2. The molecule has 1 N–H and O–H groups in total. The van der Waals surface area contributed by atoms with Gasteiger partial charge in [0.1, 0.15) is 0 Å². The molecule has 0 bridgehead atoms. The average molecular weight is 228 g/mol. The van der Waals surface area contributed by atoms with E-state index in [2.05, 4.69) is 5.32 Å². The monoisotopic (exact) mass is 228 g/mol. The third-order valence-electron chi connectivity index (χ3n) is 3.79. The Kier molecular flexibility index (Phi) is 4.16. The van der Waals surface area contributed by atoms with Gasteiger partial charge >= 0.3 is 0 Å². The molecule has 92 valence electrons. The van der Waals surface area contributed by atoms with Crippen LogP contribution < -0.4 is 5.32 Å². The van der Waals surface area contributed by atoms with Gasteiger partial charge in [-0.15, -0.1) is 0 Å². The van der Waals surface area contributed by atoms with E-state index in [4.69, 9.17) is 0 Å². The first-order valence-corrected chi connectivity index (χ1v) is 6.36. The predicted molar refractivity (Wildman–Crippen MR) is 60.9 cm³/mol. The number of nitrogens with zero attached hydrogens (tertiary/aromatic N) is 1. The second kappa shape index (κ2) is 5.62. The van der Waals surface area contributed by atoms with E-state index >= 15 is 0 Å². The fraction of sp³-hybridized carbons (Fsp3) is 0.917. The number of nitrogens with one attached hydrogen (secondary N) is 1. The Morgan fingerprint density at radius 1 is 1.31 bits per heavy atom. The molecule has 0 aromatic rings. The second-order valence-corrected chi connectivity index (χ2v) is 4.97. The van der Waals surface area contributed by atoms with Crippen molar-refractivity contribution in [3.63, 3.8) is 0 Å². The number of piperidine rings is 2. The topological polar surface area (TPSA) is 32.3 Å². The standard InChI is InChI=1S/C12H21FN2O/c13-8-10-3-6-15(7-4-10)12(16)11-2-1-5-14-9-11/h10-11,14H,1-9H2. The van der Waals surface area contributed by atoms with Crippen LogP contribution in [0.1, 0.15) is 25.7 Å². The minimum Gasteiger partial charge on any atom is -0.342 e. The highest BCUT2D eigenvalue weighted by atomic mass is 19.1. The molecule has 3 nitrogen and oxygen atoms in total. The van der Waals surface area contributed by atoms with Crippen molar-refractivity contribution in [1.29, 1.82) is 0 Å². The van der Waals surface area contributed by atoms with E-state index in [9.17, 15) is 9.18 Å². The Hall–Kier alpha value is -0.640. The fourth-order valence-electron chi connectivity index (χ4n) is 2.63. The molecule has 2 saturated heterocycles. The van der Waals surface area contributed by atoms with Crippen molar-refractivity contribution in [3.05, 3.63) is 0 Å². The molecular formula is C12H21FN2O. The predicted octanol–water partition coefficient (Wildman–Crippen LogP) is 1.19. The molecule has 1 atom stereocenters. The zero-order valence-corrected chi connectivity index (χ0v) is 9.75. The van der Waals surface area contributed by atoms with Crippen LogP contribution in [0.5, 0.6) is 0 Å². The molecule has 0 radical (unpaired) electrons. The minimum atomic E-state index is -0.229. The summed E-state index contributed by atoms with van der Waals surface area (Å²) in [5.74, 6) is 0.633. The number of halogens is 1. The van der Waals surface area contributed by atoms with Crippen molar-refractivity contribution in [1.82, 2.24) is 10.2 Å². The maximum atomic E-state index is 12.4. The van der Waals surface area contributed by atoms with Crippen LogP contribution in [-0.4, -0.2) is 43.7 Å². The maximum Gasteiger partial charge on any atom is 0.226 e. The lowest BCUT2D eigenvalue weighted by Gasteiger charge is -2.34. The summed E-state index contributed by atoms with van der Waals surface area (Å²) in [4.78, 5) is 14.1. The first kappa shape index (κ1) is 11.8. The first-order chi connectivity index (χ1) is 7.81. The number of alkyl halides is 1. The quantitative estimate of drug-likeness (QED) is 0.770. The van der Waals surface area contributed by atoms with E-state index in [1.807, 2.05) is 4.90 Å². The Morgan fingerprint density at radius 2 is 2.06 bits per heavy atom. The minimum absolute atomic E-state index is 0.163. The van der Waals surface area contributed by atoms with Gasteiger partial charge in [-0.05, 0) is 38.1 Å². The highest BCUT2D eigenvalue weighted by Crippen LogP contribution is 2.21. The van der Waals surface area contributed by atoms with Gasteiger partial charge < -0.3 is 10.2 Å². The molecule has 2 aliphatic heterocycles. The van der Waals surface area contributed by atoms with E-state index in [0.29, 0.717) is 0 Å². The molecule has 16 heavy (non-hydrogen) atoms. The van der Waals surface area contributed by atoms with Crippen molar-refractivity contribution in [3.8, 4) is 0 Å². The molecular weight excluding hydrogens is 207 g/mol. The summed E-state index contributed by atoms with van der Waals surface area (Å²) < 4.78 is 12.4. The Labute approximate surface area is 96.4 Å². The average Bonchev–Trinajstić information content (AvgIpc) is 2.39. The molecule has 0 aliphatic carbocycles. The summed E-state index contributed by atoms with van der Waals surface area (Å²) in [6, 6.07) is 0. The van der Waals surface area contributed by atoms with Gasteiger partial charge in [0.2, 0.25) is 5.91 Å². The smallest absolute Gasteiger partial charge is 0.226 e. The normalized spacial score (nSPS) is 28.1. The molecule has 2 fully saturated rings. The molecule has 1 unspecified atom stereocenters. The number of hydrogen-bond acceptors (Lipinski definition) is 2. The van der Waals surface area contributed by atoms with Crippen molar-refractivity contribution in [2.24, 2.45) is 11.8 Å². The van der Waals surface area contributed by atoms with Crippen LogP contribution >= 0.6 is 0 Å². The summed E-state index contributed by atoms with van der Waals surface area (Å²) in [6.07, 6.45) is 3.77. The van der Waals surface area contributed by atoms with Crippen LogP contribution in [0, 0.1) is 11.8 Å². The van der Waals surface area contributed by atoms with Crippen molar-refractivity contribution >= 4 is 5.91 Å². The maximum absolute atomic E-state index is 12.4. The van der Waals surface area contributed by atoms with Crippen LogP contribution in [0.25, 0.3) is 0 Å². The molecule has 2 aliphatic rings. The highest BCUT2D eigenvalue weighted by Gasteiger charge is 2.28. The number of carbonyl (C=O) groups is 1. The van der Waals surface area contributed by atoms with E-state index in [1.165, 1.54) is 0 Å². The van der Waals surface area contributed by atoms with Gasteiger partial charge in [0, 0.05) is 19.6 Å². The molecule has 0 spiro atoms. The van der Waals surface area contributed by atoms with Gasteiger partial charge in [0.05, 0.1) is 12.6 Å². The summed E-state index contributed by atoms with van der Waals surface area (Å²) in [7, 11) is 0. The van der Waals surface area contributed by atoms with Crippen LogP contribution in [0.15, 0.2) is 0 Å². The highest BCUT2D eigenvalue weighted by molar-refractivity contribution is 5.79. The number of carbonyl (C=O) groups excluding carboxylic acids is 1. The van der Waals surface area contributed by atoms with Gasteiger partial charge in [0.15, 0.2) is 0 Å². The van der Waals surface area contributed by atoms with E-state index < -0.39 is 0 Å². The first-order valence-electron chi connectivity index (χ1n) is 6.36. The van der Waals surface area contributed by atoms with Crippen molar-refractivity contribution in [2.45, 2.75) is 25.7 Å². The van der Waals surface area contributed by atoms with Gasteiger partial charge in [-0.3, -0.25) is 9.18 Å². The van der Waals surface area contributed by atoms with Crippen LogP contribution in [-0.2, 0) is 4.79 Å². The van der Waals surface area contributed by atoms with Gasteiger partial charge in [-0.1, -0.05) is 0 Å². The molecule has 2 rings (SSSR count). The van der Waals surface area contributed by atoms with Crippen molar-refractivity contribution in [2.75, 3.05) is 32.9 Å². The van der Waals surface area contributed by atoms with E-state index in [1.54, 1.807) is 0 Å². The van der Waals surface area contributed by atoms with Gasteiger partial charge in [-0.25, -0.2) is 0 Å². The zero-order valence-electron chi connectivity index (χ0n) is 9.75. The molecule has 0 aromatic heterocycles. The molecule has 2 heterocycles. The molecule has 4 heteroatoms. The number of hydrogen-bond donors (Lipinski definition) is 1. The van der Waals surface area contributed by atoms with Crippen LogP contribution in [0.4, 0.5) is 4.39 Å². The third kappa shape index (κ3) is 2.73. The lowest BCUT2D eigenvalue weighted by molar-refractivity contribution is -0.137. The Bertz CT molecular complexity index is 233. The number of amides is 1. The lowest BCUT2D eigenvalue weighted by atomic mass is 9.94. The van der Waals surface area contributed by atoms with Crippen LogP contribution in [0.3, 0.4) is 0 Å². The summed E-state index contributed by atoms with van der Waals surface area (Å²) in [5.41, 5.74) is 0. The molecule has 1 amide bonds.